The maximum atomic E-state index is 9.33. The number of alkyl halides is 1. The molecule has 0 radical (unpaired) electrons. The summed E-state index contributed by atoms with van der Waals surface area (Å²) in [5, 5.41) is 18.9. The summed E-state index contributed by atoms with van der Waals surface area (Å²) in [6.45, 7) is 1.30. The number of ether oxygens (including phenoxy) is 1. The van der Waals surface area contributed by atoms with Crippen LogP contribution in [0, 0.1) is 0 Å². The summed E-state index contributed by atoms with van der Waals surface area (Å²) < 4.78 is 5.54. The number of benzene rings is 2. The van der Waals surface area contributed by atoms with Gasteiger partial charge < -0.3 is 14.9 Å². The van der Waals surface area contributed by atoms with Crippen LogP contribution in [-0.2, 0) is 4.79 Å². The Labute approximate surface area is 122 Å². The molecule has 0 aromatic heterocycles. The second kappa shape index (κ2) is 8.40. The lowest BCUT2D eigenvalue weighted by Gasteiger charge is -2.11. The van der Waals surface area contributed by atoms with Gasteiger partial charge in [-0.1, -0.05) is 36.4 Å². The Bertz CT molecular complexity index is 547. The van der Waals surface area contributed by atoms with Gasteiger partial charge in [-0.3, -0.25) is 4.79 Å². The second-order valence-electron chi connectivity index (χ2n) is 4.12. The van der Waals surface area contributed by atoms with Crippen molar-refractivity contribution in [3.8, 4) is 5.75 Å². The van der Waals surface area contributed by atoms with Crippen molar-refractivity contribution in [1.82, 2.24) is 0 Å². The van der Waals surface area contributed by atoms with Gasteiger partial charge in [0, 0.05) is 12.3 Å². The number of aliphatic hydroxyl groups is 1. The van der Waals surface area contributed by atoms with Gasteiger partial charge in [0.05, 0.1) is 5.88 Å². The minimum absolute atomic E-state index is 0.185. The molecule has 20 heavy (non-hydrogen) atoms. The molecule has 2 N–H and O–H groups in total. The number of aliphatic hydroxyl groups excluding tert-OH is 1. The van der Waals surface area contributed by atoms with E-state index in [1.54, 1.807) is 0 Å². The monoisotopic (exact) mass is 296 g/mol. The average molecular weight is 297 g/mol. The Balaban J connectivity index is 0.000000444. The minimum Gasteiger partial charge on any atom is -0.490 e. The molecular weight excluding hydrogens is 280 g/mol. The van der Waals surface area contributed by atoms with E-state index in [0.29, 0.717) is 0 Å². The highest BCUT2D eigenvalue weighted by Crippen LogP contribution is 2.25. The Hall–Kier alpha value is -1.78. The summed E-state index contributed by atoms with van der Waals surface area (Å²) in [6.07, 6.45) is -0.624. The normalized spacial score (nSPS) is 11.3. The molecule has 2 aromatic rings. The second-order valence-corrected chi connectivity index (χ2v) is 4.42. The molecule has 0 bridgehead atoms. The van der Waals surface area contributed by atoms with Gasteiger partial charge in [0.15, 0.2) is 0 Å². The summed E-state index contributed by atoms with van der Waals surface area (Å²) in [6, 6.07) is 13.8. The van der Waals surface area contributed by atoms with Crippen LogP contribution in [0.3, 0.4) is 0 Å². The van der Waals surface area contributed by atoms with E-state index in [9.17, 15) is 5.11 Å². The van der Waals surface area contributed by atoms with E-state index >= 15 is 0 Å². The number of hydrogen-bond donors (Lipinski definition) is 2. The van der Waals surface area contributed by atoms with E-state index in [4.69, 9.17) is 26.2 Å². The Morgan fingerprint density at radius 1 is 1.25 bits per heavy atom. The van der Waals surface area contributed by atoms with Crippen molar-refractivity contribution in [2.24, 2.45) is 0 Å². The Morgan fingerprint density at radius 3 is 2.50 bits per heavy atom. The van der Waals surface area contributed by atoms with Gasteiger partial charge in [0.25, 0.3) is 5.97 Å². The number of halogens is 1. The van der Waals surface area contributed by atoms with E-state index in [0.717, 1.165) is 23.4 Å². The molecule has 2 aromatic carbocycles. The first kappa shape index (κ1) is 16.3. The maximum absolute atomic E-state index is 9.33. The van der Waals surface area contributed by atoms with Crippen LogP contribution in [-0.4, -0.2) is 34.8 Å². The highest BCUT2D eigenvalue weighted by atomic mass is 35.5. The van der Waals surface area contributed by atoms with Gasteiger partial charge in [-0.05, 0) is 11.5 Å². The molecule has 2 rings (SSSR count). The zero-order chi connectivity index (χ0) is 15.0. The molecule has 0 spiro atoms. The van der Waals surface area contributed by atoms with E-state index in [-0.39, 0.29) is 12.5 Å². The lowest BCUT2D eigenvalue weighted by molar-refractivity contribution is -0.134. The number of fused-ring (bicyclic) bond motifs is 1. The molecule has 0 unspecified atom stereocenters. The molecule has 0 saturated heterocycles. The van der Waals surface area contributed by atoms with Gasteiger partial charge in [-0.2, -0.15) is 0 Å². The molecule has 0 aliphatic heterocycles. The lowest BCUT2D eigenvalue weighted by Crippen LogP contribution is -2.18. The average Bonchev–Trinajstić information content (AvgIpc) is 2.44. The Kier molecular flexibility index (Phi) is 6.84. The molecule has 0 fully saturated rings. The van der Waals surface area contributed by atoms with Crippen LogP contribution in [0.2, 0.25) is 0 Å². The molecule has 4 nitrogen and oxygen atoms in total. The van der Waals surface area contributed by atoms with Crippen LogP contribution < -0.4 is 4.74 Å². The fraction of sp³-hybridized carbons (Fsp3) is 0.267. The number of carboxylic acid groups (broad SMARTS) is 1. The molecule has 0 heterocycles. The molecular formula is C15H17ClO4. The molecule has 0 saturated carbocycles. The number of hydrogen-bond acceptors (Lipinski definition) is 3. The predicted octanol–water partition coefficient (Wildman–Crippen LogP) is 2.91. The van der Waals surface area contributed by atoms with Gasteiger partial charge in [-0.15, -0.1) is 11.6 Å². The number of rotatable bonds is 4. The topological polar surface area (TPSA) is 66.8 Å². The first-order valence-electron chi connectivity index (χ1n) is 6.08. The largest absolute Gasteiger partial charge is 0.490 e. The Morgan fingerprint density at radius 2 is 1.85 bits per heavy atom. The number of carbonyl (C=O) groups is 1. The van der Waals surface area contributed by atoms with E-state index < -0.39 is 12.1 Å². The van der Waals surface area contributed by atoms with Gasteiger partial charge in [-0.25, -0.2) is 0 Å². The summed E-state index contributed by atoms with van der Waals surface area (Å²) in [5.74, 6) is 0.132. The molecule has 1 atom stereocenters. The van der Waals surface area contributed by atoms with Crippen molar-refractivity contribution in [3.63, 3.8) is 0 Å². The van der Waals surface area contributed by atoms with Crippen molar-refractivity contribution < 1.29 is 19.7 Å². The van der Waals surface area contributed by atoms with Crippen LogP contribution in [0.1, 0.15) is 6.92 Å². The van der Waals surface area contributed by atoms with Crippen molar-refractivity contribution in [2.45, 2.75) is 13.0 Å². The predicted molar refractivity (Wildman–Crippen MR) is 79.5 cm³/mol. The highest BCUT2D eigenvalue weighted by molar-refractivity contribution is 6.18. The molecule has 0 aliphatic carbocycles. The summed E-state index contributed by atoms with van der Waals surface area (Å²) in [4.78, 5) is 9.00. The summed E-state index contributed by atoms with van der Waals surface area (Å²) in [5.41, 5.74) is 0. The fourth-order valence-corrected chi connectivity index (χ4v) is 1.64. The van der Waals surface area contributed by atoms with E-state index in [1.807, 2.05) is 42.5 Å². The third-order valence-electron chi connectivity index (χ3n) is 2.36. The lowest BCUT2D eigenvalue weighted by atomic mass is 10.1. The third kappa shape index (κ3) is 5.47. The summed E-state index contributed by atoms with van der Waals surface area (Å²) >= 11 is 5.51. The van der Waals surface area contributed by atoms with Crippen LogP contribution in [0.5, 0.6) is 5.75 Å². The van der Waals surface area contributed by atoms with Crippen molar-refractivity contribution in [2.75, 3.05) is 12.5 Å². The van der Waals surface area contributed by atoms with Crippen molar-refractivity contribution >= 4 is 28.3 Å². The van der Waals surface area contributed by atoms with Crippen molar-refractivity contribution in [1.29, 1.82) is 0 Å². The van der Waals surface area contributed by atoms with Gasteiger partial charge in [0.1, 0.15) is 18.5 Å². The first-order valence-corrected chi connectivity index (χ1v) is 6.62. The highest BCUT2D eigenvalue weighted by Gasteiger charge is 2.05. The minimum atomic E-state index is -0.833. The number of carboxylic acids is 1. The van der Waals surface area contributed by atoms with Crippen LogP contribution in [0.25, 0.3) is 10.8 Å². The molecule has 108 valence electrons. The molecule has 0 aliphatic rings. The van der Waals surface area contributed by atoms with Crippen LogP contribution in [0.15, 0.2) is 42.5 Å². The smallest absolute Gasteiger partial charge is 0.300 e. The maximum Gasteiger partial charge on any atom is 0.300 e. The first-order chi connectivity index (χ1) is 9.54. The molecule has 5 heteroatoms. The standard InChI is InChI=1S/C13H13ClO2.C2H4O2/c14-8-11(15)9-16-13-7-3-5-10-4-1-2-6-12(10)13;1-2(3)4/h1-7,11,15H,8-9H2;1H3,(H,3,4)/t11-;/m1./s1. The van der Waals surface area contributed by atoms with E-state index in [2.05, 4.69) is 0 Å². The van der Waals surface area contributed by atoms with E-state index in [1.165, 1.54) is 0 Å². The SMILES string of the molecule is CC(=O)O.O[C@H](CCl)COc1cccc2ccccc12. The number of aliphatic carboxylic acids is 1. The van der Waals surface area contributed by atoms with Gasteiger partial charge in [0.2, 0.25) is 0 Å². The summed E-state index contributed by atoms with van der Waals surface area (Å²) in [7, 11) is 0. The zero-order valence-corrected chi connectivity index (χ0v) is 11.9. The van der Waals surface area contributed by atoms with Gasteiger partial charge >= 0.3 is 0 Å². The van der Waals surface area contributed by atoms with Crippen LogP contribution in [0.4, 0.5) is 0 Å². The van der Waals surface area contributed by atoms with Crippen molar-refractivity contribution in [3.05, 3.63) is 42.5 Å². The third-order valence-corrected chi connectivity index (χ3v) is 2.72. The molecule has 0 amide bonds. The fourth-order valence-electron chi connectivity index (χ4n) is 1.55. The van der Waals surface area contributed by atoms with Crippen LogP contribution >= 0.6 is 11.6 Å². The zero-order valence-electron chi connectivity index (χ0n) is 11.1. The quantitative estimate of drug-likeness (QED) is 0.851.